The van der Waals surface area contributed by atoms with Gasteiger partial charge in [0.05, 0.1) is 17.9 Å². The Morgan fingerprint density at radius 2 is 2.05 bits per heavy atom. The summed E-state index contributed by atoms with van der Waals surface area (Å²) in [7, 11) is 0. The SMILES string of the molecule is CCOC(=O)c1ccc(Oc2ccc(CC)cc2N)nc1. The zero-order valence-electron chi connectivity index (χ0n) is 12.1. The highest BCUT2D eigenvalue weighted by molar-refractivity contribution is 5.89. The molecule has 1 aromatic carbocycles. The predicted octanol–water partition coefficient (Wildman–Crippen LogP) is 3.20. The van der Waals surface area contributed by atoms with Crippen molar-refractivity contribution in [3.05, 3.63) is 47.7 Å². The van der Waals surface area contributed by atoms with E-state index in [-0.39, 0.29) is 0 Å². The number of benzene rings is 1. The minimum absolute atomic E-state index is 0.331. The van der Waals surface area contributed by atoms with Gasteiger partial charge in [0.15, 0.2) is 5.75 Å². The molecule has 0 aliphatic carbocycles. The summed E-state index contributed by atoms with van der Waals surface area (Å²) < 4.78 is 10.5. The third kappa shape index (κ3) is 3.72. The minimum atomic E-state index is -0.400. The number of nitrogen functional groups attached to an aromatic ring is 1. The van der Waals surface area contributed by atoms with Crippen LogP contribution in [0.15, 0.2) is 36.5 Å². The standard InChI is InChI=1S/C16H18N2O3/c1-3-11-5-7-14(13(17)9-11)21-15-8-6-12(10-18-15)16(19)20-4-2/h5-10H,3-4,17H2,1-2H3. The van der Waals surface area contributed by atoms with Crippen LogP contribution in [-0.2, 0) is 11.2 Å². The molecular formula is C16H18N2O3. The molecule has 0 saturated carbocycles. The second kappa shape index (κ2) is 6.74. The molecule has 2 rings (SSSR count). The summed E-state index contributed by atoms with van der Waals surface area (Å²) >= 11 is 0. The monoisotopic (exact) mass is 286 g/mol. The zero-order chi connectivity index (χ0) is 15.2. The Balaban J connectivity index is 2.11. The summed E-state index contributed by atoms with van der Waals surface area (Å²) in [5.74, 6) is 0.519. The molecule has 0 bridgehead atoms. The Hall–Kier alpha value is -2.56. The molecule has 0 fully saturated rings. The number of aromatic nitrogens is 1. The maximum atomic E-state index is 11.5. The molecule has 0 unspecified atom stereocenters. The number of hydrogen-bond acceptors (Lipinski definition) is 5. The van der Waals surface area contributed by atoms with Crippen molar-refractivity contribution in [3.8, 4) is 11.6 Å². The van der Waals surface area contributed by atoms with Crippen molar-refractivity contribution in [2.75, 3.05) is 12.3 Å². The van der Waals surface area contributed by atoms with Gasteiger partial charge >= 0.3 is 5.97 Å². The van der Waals surface area contributed by atoms with Crippen LogP contribution in [0, 0.1) is 0 Å². The predicted molar refractivity (Wildman–Crippen MR) is 80.5 cm³/mol. The normalized spacial score (nSPS) is 10.2. The van der Waals surface area contributed by atoms with Gasteiger partial charge in [-0.1, -0.05) is 13.0 Å². The van der Waals surface area contributed by atoms with E-state index in [1.165, 1.54) is 6.20 Å². The molecule has 1 heterocycles. The number of esters is 1. The van der Waals surface area contributed by atoms with E-state index in [2.05, 4.69) is 11.9 Å². The summed E-state index contributed by atoms with van der Waals surface area (Å²) in [5.41, 5.74) is 8.03. The molecule has 110 valence electrons. The smallest absolute Gasteiger partial charge is 0.339 e. The minimum Gasteiger partial charge on any atom is -0.462 e. The number of rotatable bonds is 5. The molecule has 0 spiro atoms. The van der Waals surface area contributed by atoms with Gasteiger partial charge in [0, 0.05) is 12.3 Å². The van der Waals surface area contributed by atoms with Gasteiger partial charge in [-0.25, -0.2) is 9.78 Å². The average Bonchev–Trinajstić information content (AvgIpc) is 2.50. The lowest BCUT2D eigenvalue weighted by Crippen LogP contribution is -2.05. The summed E-state index contributed by atoms with van der Waals surface area (Å²) in [6, 6.07) is 8.87. The summed E-state index contributed by atoms with van der Waals surface area (Å²) in [5, 5.41) is 0. The zero-order valence-corrected chi connectivity index (χ0v) is 12.1. The number of aryl methyl sites for hydroxylation is 1. The van der Waals surface area contributed by atoms with Crippen molar-refractivity contribution in [3.63, 3.8) is 0 Å². The lowest BCUT2D eigenvalue weighted by Gasteiger charge is -2.09. The number of carbonyl (C=O) groups is 1. The molecule has 21 heavy (non-hydrogen) atoms. The summed E-state index contributed by atoms with van der Waals surface area (Å²) in [6.07, 6.45) is 2.33. The lowest BCUT2D eigenvalue weighted by molar-refractivity contribution is 0.0526. The van der Waals surface area contributed by atoms with Crippen molar-refractivity contribution >= 4 is 11.7 Å². The maximum Gasteiger partial charge on any atom is 0.339 e. The average molecular weight is 286 g/mol. The molecule has 0 atom stereocenters. The number of nitrogens with two attached hydrogens (primary N) is 1. The second-order valence-electron chi connectivity index (χ2n) is 4.43. The molecule has 0 radical (unpaired) electrons. The van der Waals surface area contributed by atoms with Gasteiger partial charge in [-0.15, -0.1) is 0 Å². The highest BCUT2D eigenvalue weighted by Gasteiger charge is 2.08. The van der Waals surface area contributed by atoms with E-state index < -0.39 is 5.97 Å². The van der Waals surface area contributed by atoms with Crippen molar-refractivity contribution in [1.82, 2.24) is 4.98 Å². The number of nitrogens with zero attached hydrogens (tertiary/aromatic N) is 1. The Morgan fingerprint density at radius 3 is 2.62 bits per heavy atom. The van der Waals surface area contributed by atoms with Gasteiger partial charge in [0.25, 0.3) is 0 Å². The van der Waals surface area contributed by atoms with E-state index in [9.17, 15) is 4.79 Å². The van der Waals surface area contributed by atoms with E-state index in [1.807, 2.05) is 18.2 Å². The molecule has 0 amide bonds. The van der Waals surface area contributed by atoms with E-state index in [0.717, 1.165) is 12.0 Å². The fourth-order valence-corrected chi connectivity index (χ4v) is 1.80. The van der Waals surface area contributed by atoms with Crippen LogP contribution < -0.4 is 10.5 Å². The summed E-state index contributed by atoms with van der Waals surface area (Å²) in [4.78, 5) is 15.6. The second-order valence-corrected chi connectivity index (χ2v) is 4.43. The van der Waals surface area contributed by atoms with Crippen LogP contribution in [-0.4, -0.2) is 17.6 Å². The van der Waals surface area contributed by atoms with Crippen LogP contribution in [0.2, 0.25) is 0 Å². The van der Waals surface area contributed by atoms with Crippen molar-refractivity contribution in [2.45, 2.75) is 20.3 Å². The first-order valence-corrected chi connectivity index (χ1v) is 6.83. The van der Waals surface area contributed by atoms with E-state index in [0.29, 0.717) is 29.5 Å². The van der Waals surface area contributed by atoms with Gasteiger partial charge in [0.2, 0.25) is 5.88 Å². The summed E-state index contributed by atoms with van der Waals surface area (Å²) in [6.45, 7) is 4.15. The van der Waals surface area contributed by atoms with Gasteiger partial charge in [-0.3, -0.25) is 0 Å². The van der Waals surface area contributed by atoms with Gasteiger partial charge in [-0.2, -0.15) is 0 Å². The number of pyridine rings is 1. The highest BCUT2D eigenvalue weighted by atomic mass is 16.5. The van der Waals surface area contributed by atoms with Gasteiger partial charge in [-0.05, 0) is 37.1 Å². The fourth-order valence-electron chi connectivity index (χ4n) is 1.80. The van der Waals surface area contributed by atoms with Crippen LogP contribution in [0.4, 0.5) is 5.69 Å². The van der Waals surface area contributed by atoms with E-state index in [4.69, 9.17) is 15.2 Å². The first kappa shape index (κ1) is 14.8. The highest BCUT2D eigenvalue weighted by Crippen LogP contribution is 2.27. The third-order valence-electron chi connectivity index (χ3n) is 2.94. The van der Waals surface area contributed by atoms with E-state index in [1.54, 1.807) is 19.1 Å². The van der Waals surface area contributed by atoms with Gasteiger partial charge in [0.1, 0.15) is 0 Å². The van der Waals surface area contributed by atoms with Crippen LogP contribution in [0.3, 0.4) is 0 Å². The van der Waals surface area contributed by atoms with Gasteiger partial charge < -0.3 is 15.2 Å². The number of hydrogen-bond donors (Lipinski definition) is 1. The molecule has 0 aliphatic rings. The fraction of sp³-hybridized carbons (Fsp3) is 0.250. The molecule has 5 heteroatoms. The molecule has 2 N–H and O–H groups in total. The number of carbonyl (C=O) groups excluding carboxylic acids is 1. The number of anilines is 1. The molecule has 0 saturated heterocycles. The van der Waals surface area contributed by atoms with E-state index >= 15 is 0 Å². The Bertz CT molecular complexity index is 624. The first-order chi connectivity index (χ1) is 10.1. The Kier molecular flexibility index (Phi) is 4.77. The van der Waals surface area contributed by atoms with Crippen molar-refractivity contribution < 1.29 is 14.3 Å². The maximum absolute atomic E-state index is 11.5. The quantitative estimate of drug-likeness (QED) is 0.675. The van der Waals surface area contributed by atoms with Crippen LogP contribution in [0.5, 0.6) is 11.6 Å². The van der Waals surface area contributed by atoms with Crippen molar-refractivity contribution in [2.24, 2.45) is 0 Å². The first-order valence-electron chi connectivity index (χ1n) is 6.83. The van der Waals surface area contributed by atoms with Crippen molar-refractivity contribution in [1.29, 1.82) is 0 Å². The topological polar surface area (TPSA) is 74.4 Å². The molecule has 5 nitrogen and oxygen atoms in total. The van der Waals surface area contributed by atoms with Crippen LogP contribution >= 0.6 is 0 Å². The van der Waals surface area contributed by atoms with Crippen LogP contribution in [0.25, 0.3) is 0 Å². The van der Waals surface area contributed by atoms with Crippen LogP contribution in [0.1, 0.15) is 29.8 Å². The Labute approximate surface area is 123 Å². The largest absolute Gasteiger partial charge is 0.462 e. The number of ether oxygens (including phenoxy) is 2. The molecule has 2 aromatic rings. The Morgan fingerprint density at radius 1 is 1.24 bits per heavy atom. The molecule has 1 aromatic heterocycles. The molecular weight excluding hydrogens is 268 g/mol. The lowest BCUT2D eigenvalue weighted by atomic mass is 10.1. The third-order valence-corrected chi connectivity index (χ3v) is 2.94. The molecule has 0 aliphatic heterocycles.